The van der Waals surface area contributed by atoms with Crippen molar-refractivity contribution in [2.45, 2.75) is 25.5 Å². The summed E-state index contributed by atoms with van der Waals surface area (Å²) in [5.41, 5.74) is 0.801. The smallest absolute Gasteiger partial charge is 0.251 e. The Labute approximate surface area is 177 Å². The van der Waals surface area contributed by atoms with Crippen molar-refractivity contribution >= 4 is 11.8 Å². The van der Waals surface area contributed by atoms with Crippen molar-refractivity contribution in [2.24, 2.45) is 0 Å². The summed E-state index contributed by atoms with van der Waals surface area (Å²) in [5.74, 6) is 1.77. The van der Waals surface area contributed by atoms with Crippen LogP contribution in [0.3, 0.4) is 0 Å². The second-order valence-corrected chi connectivity index (χ2v) is 7.40. The van der Waals surface area contributed by atoms with Gasteiger partial charge in [-0.2, -0.15) is 0 Å². The quantitative estimate of drug-likeness (QED) is 0.659. The van der Waals surface area contributed by atoms with Gasteiger partial charge in [-0.15, -0.1) is 0 Å². The fraction of sp³-hybridized carbons (Fsp3) is 0.619. The van der Waals surface area contributed by atoms with Crippen molar-refractivity contribution < 1.29 is 28.5 Å². The average molecular weight is 421 g/mol. The van der Waals surface area contributed by atoms with Crippen LogP contribution in [0, 0.1) is 0 Å². The van der Waals surface area contributed by atoms with Gasteiger partial charge in [0.25, 0.3) is 5.91 Å². The van der Waals surface area contributed by atoms with E-state index in [2.05, 4.69) is 10.2 Å². The number of nitrogens with zero attached hydrogens (tertiary/aromatic N) is 2. The first-order chi connectivity index (χ1) is 14.5. The Balaban J connectivity index is 1.47. The number of amides is 2. The molecule has 9 nitrogen and oxygen atoms in total. The monoisotopic (exact) mass is 421 g/mol. The molecule has 30 heavy (non-hydrogen) atoms. The van der Waals surface area contributed by atoms with E-state index in [1.165, 1.54) is 0 Å². The van der Waals surface area contributed by atoms with Crippen molar-refractivity contribution in [1.82, 2.24) is 15.1 Å². The molecule has 1 N–H and O–H groups in total. The first-order valence-electron chi connectivity index (χ1n) is 10.2. The number of piperazine rings is 1. The first kappa shape index (κ1) is 22.2. The van der Waals surface area contributed by atoms with Crippen LogP contribution in [0.2, 0.25) is 0 Å². The summed E-state index contributed by atoms with van der Waals surface area (Å²) in [5, 5.41) is 2.93. The standard InChI is InChI=1S/C21H31N3O6/c1-27-17-12-19(29-3)18(28-2)11-15(17)13-22-20(25)14-23-6-8-24(9-7-23)21(26)16-5-4-10-30-16/h11-12,16H,4-10,13-14H2,1-3H3,(H,22,25). The SMILES string of the molecule is COc1cc(OC)c(OC)cc1CNC(=O)CN1CCN(C(=O)C2CCCO2)CC1. The van der Waals surface area contributed by atoms with E-state index in [-0.39, 0.29) is 24.5 Å². The molecule has 3 rings (SSSR count). The van der Waals surface area contributed by atoms with E-state index in [9.17, 15) is 9.59 Å². The summed E-state index contributed by atoms with van der Waals surface area (Å²) in [7, 11) is 4.70. The van der Waals surface area contributed by atoms with Gasteiger partial charge in [-0.1, -0.05) is 0 Å². The minimum Gasteiger partial charge on any atom is -0.496 e. The maximum absolute atomic E-state index is 12.4. The van der Waals surface area contributed by atoms with E-state index in [0.29, 0.717) is 56.6 Å². The molecular weight excluding hydrogens is 390 g/mol. The summed E-state index contributed by atoms with van der Waals surface area (Å²) in [6, 6.07) is 3.54. The fourth-order valence-corrected chi connectivity index (χ4v) is 3.79. The van der Waals surface area contributed by atoms with Crippen LogP contribution in [0.5, 0.6) is 17.2 Å². The molecule has 2 aliphatic heterocycles. The highest BCUT2D eigenvalue weighted by Crippen LogP contribution is 2.34. The number of methoxy groups -OCH3 is 3. The van der Waals surface area contributed by atoms with E-state index in [4.69, 9.17) is 18.9 Å². The predicted octanol–water partition coefficient (Wildman–Crippen LogP) is 0.652. The van der Waals surface area contributed by atoms with Crippen molar-refractivity contribution in [1.29, 1.82) is 0 Å². The van der Waals surface area contributed by atoms with E-state index < -0.39 is 0 Å². The van der Waals surface area contributed by atoms with Gasteiger partial charge in [-0.25, -0.2) is 0 Å². The molecule has 166 valence electrons. The van der Waals surface area contributed by atoms with Crippen molar-refractivity contribution in [2.75, 3.05) is 60.7 Å². The van der Waals surface area contributed by atoms with Crippen LogP contribution in [0.4, 0.5) is 0 Å². The normalized spacial score (nSPS) is 19.4. The van der Waals surface area contributed by atoms with Crippen LogP contribution < -0.4 is 19.5 Å². The number of ether oxygens (including phenoxy) is 4. The van der Waals surface area contributed by atoms with Gasteiger partial charge in [-0.3, -0.25) is 14.5 Å². The molecule has 0 radical (unpaired) electrons. The summed E-state index contributed by atoms with van der Waals surface area (Å²) in [6.45, 7) is 3.86. The maximum atomic E-state index is 12.4. The van der Waals surface area contributed by atoms with Crippen LogP contribution in [0.25, 0.3) is 0 Å². The van der Waals surface area contributed by atoms with Gasteiger partial charge in [0.2, 0.25) is 5.91 Å². The van der Waals surface area contributed by atoms with Crippen molar-refractivity contribution in [3.05, 3.63) is 17.7 Å². The lowest BCUT2D eigenvalue weighted by molar-refractivity contribution is -0.142. The Bertz CT molecular complexity index is 743. The lowest BCUT2D eigenvalue weighted by atomic mass is 10.1. The van der Waals surface area contributed by atoms with E-state index in [1.807, 2.05) is 4.90 Å². The zero-order chi connectivity index (χ0) is 21.5. The Morgan fingerprint density at radius 2 is 1.70 bits per heavy atom. The van der Waals surface area contributed by atoms with Crippen LogP contribution in [0.1, 0.15) is 18.4 Å². The Hall–Kier alpha value is -2.52. The van der Waals surface area contributed by atoms with Gasteiger partial charge >= 0.3 is 0 Å². The molecule has 2 saturated heterocycles. The molecule has 2 heterocycles. The first-order valence-corrected chi connectivity index (χ1v) is 10.2. The zero-order valence-electron chi connectivity index (χ0n) is 17.9. The van der Waals surface area contributed by atoms with E-state index in [0.717, 1.165) is 18.4 Å². The third-order valence-electron chi connectivity index (χ3n) is 5.52. The van der Waals surface area contributed by atoms with Gasteiger partial charge in [0.1, 0.15) is 11.9 Å². The highest BCUT2D eigenvalue weighted by molar-refractivity contribution is 5.81. The van der Waals surface area contributed by atoms with Crippen LogP contribution in [0.15, 0.2) is 12.1 Å². The lowest BCUT2D eigenvalue weighted by Gasteiger charge is -2.35. The number of benzene rings is 1. The van der Waals surface area contributed by atoms with Gasteiger partial charge in [0.15, 0.2) is 11.5 Å². The second kappa shape index (κ2) is 10.5. The summed E-state index contributed by atoms with van der Waals surface area (Å²) in [6.07, 6.45) is 1.47. The van der Waals surface area contributed by atoms with E-state index >= 15 is 0 Å². The molecular formula is C21H31N3O6. The Kier molecular flexibility index (Phi) is 7.75. The van der Waals surface area contributed by atoms with Crippen molar-refractivity contribution in [3.8, 4) is 17.2 Å². The molecule has 0 spiro atoms. The van der Waals surface area contributed by atoms with Gasteiger partial charge in [-0.05, 0) is 18.9 Å². The molecule has 2 fully saturated rings. The van der Waals surface area contributed by atoms with Gasteiger partial charge in [0.05, 0.1) is 27.9 Å². The number of carbonyl (C=O) groups excluding carboxylic acids is 2. The summed E-state index contributed by atoms with van der Waals surface area (Å²) < 4.78 is 21.5. The largest absolute Gasteiger partial charge is 0.496 e. The van der Waals surface area contributed by atoms with E-state index in [1.54, 1.807) is 33.5 Å². The molecule has 1 aromatic rings. The third-order valence-corrected chi connectivity index (χ3v) is 5.52. The number of rotatable bonds is 8. The minimum absolute atomic E-state index is 0.0780. The second-order valence-electron chi connectivity index (χ2n) is 7.40. The number of nitrogens with one attached hydrogen (secondary N) is 1. The lowest BCUT2D eigenvalue weighted by Crippen LogP contribution is -2.53. The summed E-state index contributed by atoms with van der Waals surface area (Å²) in [4.78, 5) is 28.8. The molecule has 1 aromatic carbocycles. The average Bonchev–Trinajstić information content (AvgIpc) is 3.32. The Morgan fingerprint density at radius 1 is 1.03 bits per heavy atom. The molecule has 0 aliphatic carbocycles. The maximum Gasteiger partial charge on any atom is 0.251 e. The molecule has 1 unspecified atom stereocenters. The van der Waals surface area contributed by atoms with Crippen LogP contribution in [-0.4, -0.2) is 88.4 Å². The highest BCUT2D eigenvalue weighted by Gasteiger charge is 2.30. The number of carbonyl (C=O) groups is 2. The molecule has 2 amide bonds. The number of hydrogen-bond donors (Lipinski definition) is 1. The molecule has 2 aliphatic rings. The molecule has 9 heteroatoms. The number of hydrogen-bond acceptors (Lipinski definition) is 7. The molecule has 0 bridgehead atoms. The fourth-order valence-electron chi connectivity index (χ4n) is 3.79. The predicted molar refractivity (Wildman–Crippen MR) is 110 cm³/mol. The highest BCUT2D eigenvalue weighted by atomic mass is 16.5. The summed E-state index contributed by atoms with van der Waals surface area (Å²) >= 11 is 0. The molecule has 0 aromatic heterocycles. The van der Waals surface area contributed by atoms with Crippen LogP contribution >= 0.6 is 0 Å². The molecule has 1 atom stereocenters. The van der Waals surface area contributed by atoms with Crippen molar-refractivity contribution in [3.63, 3.8) is 0 Å². The van der Waals surface area contributed by atoms with Gasteiger partial charge in [0, 0.05) is 51.0 Å². The molecule has 0 saturated carbocycles. The minimum atomic E-state index is -0.281. The topological polar surface area (TPSA) is 89.6 Å². The van der Waals surface area contributed by atoms with Gasteiger partial charge < -0.3 is 29.2 Å². The zero-order valence-corrected chi connectivity index (χ0v) is 17.9. The Morgan fingerprint density at radius 3 is 2.30 bits per heavy atom. The van der Waals surface area contributed by atoms with Crippen LogP contribution in [-0.2, 0) is 20.9 Å². The third kappa shape index (κ3) is 5.34.